The molecule has 4 rings (SSSR count). The van der Waals surface area contributed by atoms with Crippen LogP contribution in [0.3, 0.4) is 0 Å². The van der Waals surface area contributed by atoms with Crippen molar-refractivity contribution in [1.82, 2.24) is 10.2 Å². The topological polar surface area (TPSA) is 96.1 Å². The van der Waals surface area contributed by atoms with Gasteiger partial charge in [-0.25, -0.2) is 9.89 Å². The quantitative estimate of drug-likeness (QED) is 0.419. The lowest BCUT2D eigenvalue weighted by Gasteiger charge is -2.10. The van der Waals surface area contributed by atoms with Gasteiger partial charge in [-0.2, -0.15) is 5.10 Å². The monoisotopic (exact) mass is 434 g/mol. The molecule has 2 amide bonds. The van der Waals surface area contributed by atoms with E-state index < -0.39 is 6.03 Å². The molecule has 0 atom stereocenters. The molecule has 8 heteroatoms. The molecule has 0 saturated heterocycles. The fraction of sp³-hybridized carbons (Fsp3) is 0.0870. The second kappa shape index (κ2) is 8.89. The van der Waals surface area contributed by atoms with Crippen molar-refractivity contribution in [1.29, 1.82) is 0 Å². The molecule has 1 aromatic heterocycles. The summed E-state index contributed by atoms with van der Waals surface area (Å²) < 4.78 is 5.15. The maximum atomic E-state index is 12.4. The molecular formula is C23H19ClN4O3. The van der Waals surface area contributed by atoms with E-state index in [2.05, 4.69) is 20.8 Å². The predicted octanol–water partition coefficient (Wildman–Crippen LogP) is 4.82. The van der Waals surface area contributed by atoms with Crippen LogP contribution >= 0.6 is 11.6 Å². The van der Waals surface area contributed by atoms with E-state index in [0.29, 0.717) is 34.0 Å². The van der Waals surface area contributed by atoms with Gasteiger partial charge in [-0.05, 0) is 42.0 Å². The number of H-pyrrole nitrogens is 1. The molecule has 4 aromatic rings. The van der Waals surface area contributed by atoms with Crippen LogP contribution in [0.15, 0.2) is 71.5 Å². The Morgan fingerprint density at radius 3 is 2.48 bits per heavy atom. The van der Waals surface area contributed by atoms with Crippen LogP contribution in [0.4, 0.5) is 16.2 Å². The molecule has 0 aliphatic rings. The molecule has 31 heavy (non-hydrogen) atoms. The Morgan fingerprint density at radius 1 is 1.00 bits per heavy atom. The van der Waals surface area contributed by atoms with Gasteiger partial charge in [-0.15, -0.1) is 0 Å². The van der Waals surface area contributed by atoms with Crippen molar-refractivity contribution in [3.63, 3.8) is 0 Å². The van der Waals surface area contributed by atoms with Gasteiger partial charge < -0.3 is 15.4 Å². The molecule has 3 aromatic carbocycles. The summed E-state index contributed by atoms with van der Waals surface area (Å²) in [7, 11) is 1.56. The highest BCUT2D eigenvalue weighted by molar-refractivity contribution is 6.30. The molecule has 0 aliphatic carbocycles. The van der Waals surface area contributed by atoms with Gasteiger partial charge in [0.25, 0.3) is 5.56 Å². The Hall–Kier alpha value is -3.84. The Bertz CT molecular complexity index is 1300. The number of benzene rings is 3. The Balaban J connectivity index is 1.56. The van der Waals surface area contributed by atoms with Crippen molar-refractivity contribution < 1.29 is 9.53 Å². The summed E-state index contributed by atoms with van der Waals surface area (Å²) >= 11 is 5.95. The van der Waals surface area contributed by atoms with Gasteiger partial charge >= 0.3 is 6.03 Å². The van der Waals surface area contributed by atoms with E-state index in [4.69, 9.17) is 16.3 Å². The standard InChI is InChI=1S/C23H19ClN4O3/c1-31-18-4-2-3-16(12-18)25-23(30)26-17-9-10-19-20(13-17)22(29)28-27-21(19)11-14-5-7-15(24)8-6-14/h2-10,12-13H,11H2,1H3,(H,28,29)(H2,25,26,30). The number of carbonyl (C=O) groups excluding carboxylic acids is 1. The first-order valence-corrected chi connectivity index (χ1v) is 9.87. The number of anilines is 2. The van der Waals surface area contributed by atoms with E-state index >= 15 is 0 Å². The summed E-state index contributed by atoms with van der Waals surface area (Å²) in [6.45, 7) is 0. The molecule has 0 spiro atoms. The van der Waals surface area contributed by atoms with Crippen LogP contribution in [0.1, 0.15) is 11.3 Å². The molecule has 7 nitrogen and oxygen atoms in total. The van der Waals surface area contributed by atoms with Gasteiger partial charge in [0.1, 0.15) is 5.75 Å². The first kappa shape index (κ1) is 20.4. The van der Waals surface area contributed by atoms with Crippen molar-refractivity contribution in [3.8, 4) is 5.75 Å². The van der Waals surface area contributed by atoms with Crippen molar-refractivity contribution in [2.24, 2.45) is 0 Å². The molecule has 156 valence electrons. The van der Waals surface area contributed by atoms with Crippen LogP contribution in [0.2, 0.25) is 5.02 Å². The van der Waals surface area contributed by atoms with Crippen molar-refractivity contribution in [2.75, 3.05) is 17.7 Å². The second-order valence-corrected chi connectivity index (χ2v) is 7.31. The number of fused-ring (bicyclic) bond motifs is 1. The number of nitrogens with one attached hydrogen (secondary N) is 3. The van der Waals surface area contributed by atoms with Crippen molar-refractivity contribution in [2.45, 2.75) is 6.42 Å². The van der Waals surface area contributed by atoms with Gasteiger partial charge in [0, 0.05) is 34.3 Å². The van der Waals surface area contributed by atoms with Crippen LogP contribution in [0.5, 0.6) is 5.75 Å². The molecular weight excluding hydrogens is 416 g/mol. The van der Waals surface area contributed by atoms with Gasteiger partial charge in [0.15, 0.2) is 0 Å². The van der Waals surface area contributed by atoms with Gasteiger partial charge in [-0.1, -0.05) is 35.9 Å². The number of carbonyl (C=O) groups is 1. The van der Waals surface area contributed by atoms with Gasteiger partial charge in [0.2, 0.25) is 0 Å². The van der Waals surface area contributed by atoms with Crippen molar-refractivity contribution in [3.05, 3.63) is 93.4 Å². The Morgan fingerprint density at radius 2 is 1.74 bits per heavy atom. The number of ether oxygens (including phenoxy) is 1. The molecule has 0 radical (unpaired) electrons. The molecule has 1 heterocycles. The second-order valence-electron chi connectivity index (χ2n) is 6.87. The predicted molar refractivity (Wildman–Crippen MR) is 122 cm³/mol. The van der Waals surface area contributed by atoms with E-state index in [1.807, 2.05) is 24.3 Å². The number of methoxy groups -OCH3 is 1. The molecule has 3 N–H and O–H groups in total. The number of amides is 2. The SMILES string of the molecule is COc1cccc(NC(=O)Nc2ccc3c(Cc4ccc(Cl)cc4)n[nH]c(=O)c3c2)c1. The van der Waals surface area contributed by atoms with Gasteiger partial charge in [-0.3, -0.25) is 4.79 Å². The molecule has 0 saturated carbocycles. The van der Waals surface area contributed by atoms with Crippen LogP contribution in [-0.4, -0.2) is 23.3 Å². The number of aromatic amines is 1. The van der Waals surface area contributed by atoms with Crippen molar-refractivity contribution >= 4 is 39.8 Å². The van der Waals surface area contributed by atoms with E-state index in [9.17, 15) is 9.59 Å². The number of aromatic nitrogens is 2. The molecule has 0 fully saturated rings. The number of rotatable bonds is 5. The smallest absolute Gasteiger partial charge is 0.323 e. The summed E-state index contributed by atoms with van der Waals surface area (Å²) in [6, 6.07) is 19.2. The summed E-state index contributed by atoms with van der Waals surface area (Å²) in [5.41, 5.74) is 2.49. The minimum Gasteiger partial charge on any atom is -0.497 e. The lowest BCUT2D eigenvalue weighted by Crippen LogP contribution is -2.20. The van der Waals surface area contributed by atoms with E-state index in [1.54, 1.807) is 49.6 Å². The fourth-order valence-corrected chi connectivity index (χ4v) is 3.35. The number of nitrogens with zero attached hydrogens (tertiary/aromatic N) is 1. The van der Waals surface area contributed by atoms with Crippen LogP contribution in [0.25, 0.3) is 10.8 Å². The lowest BCUT2D eigenvalue weighted by molar-refractivity contribution is 0.262. The number of halogens is 1. The van der Waals surface area contributed by atoms with Gasteiger partial charge in [0.05, 0.1) is 18.2 Å². The highest BCUT2D eigenvalue weighted by Crippen LogP contribution is 2.22. The first-order chi connectivity index (χ1) is 15.0. The number of hydrogen-bond acceptors (Lipinski definition) is 4. The largest absolute Gasteiger partial charge is 0.497 e. The fourth-order valence-electron chi connectivity index (χ4n) is 3.22. The Kier molecular flexibility index (Phi) is 5.86. The minimum atomic E-state index is -0.431. The highest BCUT2D eigenvalue weighted by atomic mass is 35.5. The van der Waals surface area contributed by atoms with E-state index in [0.717, 1.165) is 16.6 Å². The van der Waals surface area contributed by atoms with Crippen LogP contribution in [-0.2, 0) is 6.42 Å². The first-order valence-electron chi connectivity index (χ1n) is 9.49. The van der Waals surface area contributed by atoms with Crippen LogP contribution in [0, 0.1) is 0 Å². The van der Waals surface area contributed by atoms with E-state index in [-0.39, 0.29) is 5.56 Å². The molecule has 0 aliphatic heterocycles. The minimum absolute atomic E-state index is 0.327. The third kappa shape index (κ3) is 4.84. The third-order valence-electron chi connectivity index (χ3n) is 4.74. The molecule has 0 unspecified atom stereocenters. The lowest BCUT2D eigenvalue weighted by atomic mass is 10.0. The summed E-state index contributed by atoms with van der Waals surface area (Å²) in [4.78, 5) is 24.7. The summed E-state index contributed by atoms with van der Waals surface area (Å²) in [5.74, 6) is 0.635. The normalized spacial score (nSPS) is 10.6. The average molecular weight is 435 g/mol. The van der Waals surface area contributed by atoms with Crippen LogP contribution < -0.4 is 20.9 Å². The zero-order chi connectivity index (χ0) is 21.8. The zero-order valence-corrected chi connectivity index (χ0v) is 17.4. The third-order valence-corrected chi connectivity index (χ3v) is 4.99. The average Bonchev–Trinajstić information content (AvgIpc) is 2.77. The maximum Gasteiger partial charge on any atom is 0.323 e. The zero-order valence-electron chi connectivity index (χ0n) is 16.6. The summed E-state index contributed by atoms with van der Waals surface area (Å²) in [6.07, 6.45) is 0.535. The number of hydrogen-bond donors (Lipinski definition) is 3. The highest BCUT2D eigenvalue weighted by Gasteiger charge is 2.10. The van der Waals surface area contributed by atoms with E-state index in [1.165, 1.54) is 0 Å². The maximum absolute atomic E-state index is 12.4. The number of urea groups is 1. The summed E-state index contributed by atoms with van der Waals surface area (Å²) in [5, 5.41) is 14.0. The molecule has 0 bridgehead atoms. The Labute approximate surface area is 183 Å².